The summed E-state index contributed by atoms with van der Waals surface area (Å²) in [5.41, 5.74) is 16.0. The van der Waals surface area contributed by atoms with Crippen LogP contribution in [0.1, 0.15) is 78.5 Å². The Kier molecular flexibility index (Phi) is 11.7. The largest absolute Gasteiger partial charge is 0.416 e. The van der Waals surface area contributed by atoms with E-state index in [1.54, 1.807) is 23.7 Å². The number of fused-ring (bicyclic) bond motifs is 4. The summed E-state index contributed by atoms with van der Waals surface area (Å²) >= 11 is 2.85. The van der Waals surface area contributed by atoms with Crippen LogP contribution in [-0.2, 0) is 38.3 Å². The number of alkyl halides is 3. The average Bonchev–Trinajstić information content (AvgIpc) is 3.80. The molecule has 2 aliphatic carbocycles. The number of thioether (sulfide) groups is 2. The highest BCUT2D eigenvalue weighted by atomic mass is 32.2. The fourth-order valence-electron chi connectivity index (χ4n) is 8.63. The molecule has 4 N–H and O–H groups in total. The molecule has 0 bridgehead atoms. The van der Waals surface area contributed by atoms with Gasteiger partial charge in [-0.3, -0.25) is 9.59 Å². The zero-order valence-corrected chi connectivity index (χ0v) is 33.3. The van der Waals surface area contributed by atoms with Crippen molar-refractivity contribution in [3.8, 4) is 0 Å². The van der Waals surface area contributed by atoms with Crippen LogP contribution in [0, 0.1) is 17.7 Å². The van der Waals surface area contributed by atoms with E-state index in [0.29, 0.717) is 25.6 Å². The molecule has 2 spiro atoms. The highest BCUT2D eigenvalue weighted by molar-refractivity contribution is 8.15. The van der Waals surface area contributed by atoms with Gasteiger partial charge in [0, 0.05) is 25.0 Å². The first-order chi connectivity index (χ1) is 27.3. The first-order valence-corrected chi connectivity index (χ1v) is 20.6. The number of hydrogen-bond donors (Lipinski definition) is 2. The number of hydrogen-bond acceptors (Lipinski definition) is 8. The molecular weight excluding hydrogens is 773 g/mol. The van der Waals surface area contributed by atoms with Crippen LogP contribution in [0.15, 0.2) is 107 Å². The number of nitrogens with two attached hydrogens (primary N) is 2. The predicted octanol–water partition coefficient (Wildman–Crippen LogP) is 8.57. The lowest BCUT2D eigenvalue weighted by Crippen LogP contribution is -2.49. The number of nitrogens with zero attached hydrogens (tertiary/aromatic N) is 4. The number of hydrazone groups is 2. The highest BCUT2D eigenvalue weighted by Gasteiger charge is 2.56. The molecule has 298 valence electrons. The maximum absolute atomic E-state index is 14.6. The van der Waals surface area contributed by atoms with Crippen LogP contribution in [0.2, 0.25) is 0 Å². The van der Waals surface area contributed by atoms with Gasteiger partial charge in [-0.1, -0.05) is 102 Å². The van der Waals surface area contributed by atoms with Gasteiger partial charge in [-0.2, -0.15) is 23.4 Å². The first kappa shape index (κ1) is 40.7. The number of carbonyl (C=O) groups is 2. The molecule has 0 fully saturated rings. The van der Waals surface area contributed by atoms with Crippen LogP contribution in [0.3, 0.4) is 0 Å². The van der Waals surface area contributed by atoms with E-state index in [1.807, 2.05) is 42.5 Å². The van der Waals surface area contributed by atoms with E-state index >= 15 is 0 Å². The average molecular weight is 817 g/mol. The SMILES string of the molecule is CC(=O)N1N=C(c2cc(C(F)(F)F)ccc2F)S[C@@]12c1ccccc1CC[C@@H]2CCN.CC(=O)N1N=C(c2ccccc2)S[C@@]12c1ccccc1CC[C@H]2CCN. The van der Waals surface area contributed by atoms with Crippen molar-refractivity contribution in [3.05, 3.63) is 142 Å². The quantitative estimate of drug-likeness (QED) is 0.189. The monoisotopic (exact) mass is 816 g/mol. The van der Waals surface area contributed by atoms with Crippen molar-refractivity contribution in [1.82, 2.24) is 10.0 Å². The second kappa shape index (κ2) is 16.4. The molecule has 0 unspecified atom stereocenters. The topological polar surface area (TPSA) is 117 Å². The Morgan fingerprint density at radius 3 is 1.68 bits per heavy atom. The molecule has 14 heteroatoms. The third-order valence-electron chi connectivity index (χ3n) is 11.1. The van der Waals surface area contributed by atoms with E-state index in [4.69, 9.17) is 16.6 Å². The van der Waals surface area contributed by atoms with Crippen molar-refractivity contribution in [2.75, 3.05) is 13.1 Å². The fourth-order valence-corrected chi connectivity index (χ4v) is 11.9. The molecule has 4 aromatic rings. The minimum atomic E-state index is -4.62. The predicted molar refractivity (Wildman–Crippen MR) is 218 cm³/mol. The van der Waals surface area contributed by atoms with Crippen LogP contribution in [0.4, 0.5) is 17.6 Å². The van der Waals surface area contributed by atoms with Crippen molar-refractivity contribution in [2.24, 2.45) is 33.5 Å². The summed E-state index contributed by atoms with van der Waals surface area (Å²) in [7, 11) is 0. The Balaban J connectivity index is 0.000000177. The number of aryl methyl sites for hydroxylation is 2. The van der Waals surface area contributed by atoms with Crippen molar-refractivity contribution >= 4 is 45.4 Å². The summed E-state index contributed by atoms with van der Waals surface area (Å²) in [5, 5.41) is 13.1. The lowest BCUT2D eigenvalue weighted by molar-refractivity contribution is -0.138. The second-order valence-corrected chi connectivity index (χ2v) is 17.0. The first-order valence-electron chi connectivity index (χ1n) is 19.0. The molecule has 8 nitrogen and oxygen atoms in total. The Morgan fingerprint density at radius 1 is 0.719 bits per heavy atom. The lowest BCUT2D eigenvalue weighted by atomic mass is 9.77. The fraction of sp³-hybridized carbons (Fsp3) is 0.349. The van der Waals surface area contributed by atoms with Crippen LogP contribution in [-0.4, -0.2) is 45.0 Å². The Bertz CT molecular complexity index is 2220. The molecular formula is C43H44F4N6O2S2. The van der Waals surface area contributed by atoms with Crippen LogP contribution < -0.4 is 11.5 Å². The molecule has 57 heavy (non-hydrogen) atoms. The van der Waals surface area contributed by atoms with Crippen molar-refractivity contribution in [1.29, 1.82) is 0 Å². The standard InChI is InChI=1S/C22H21F4N3OS.C21H23N3OS/c1-13(30)29-21(15(10-11-27)7-6-14-4-2-3-5-18(14)21)31-20(28-29)17-12-16(22(24,25)26)8-9-19(17)23;1-15(25)24-21(26-20(23-24)17-8-3-2-4-9-17)18(13-14-22)12-11-16-7-5-6-10-19(16)21/h2-5,8-9,12,15H,6-7,10-11,27H2,1H3;2-10,18H,11-14,22H2,1H3/t15-,21+;18-,21-/m10/s1. The van der Waals surface area contributed by atoms with E-state index < -0.39 is 27.3 Å². The number of benzene rings is 4. The molecule has 0 aromatic heterocycles. The summed E-state index contributed by atoms with van der Waals surface area (Å²) in [4.78, 5) is 23.8. The molecule has 2 amide bonds. The molecule has 0 radical (unpaired) electrons. The van der Waals surface area contributed by atoms with Gasteiger partial charge in [-0.05, 0) is 104 Å². The van der Waals surface area contributed by atoms with Gasteiger partial charge in [-0.15, -0.1) is 0 Å². The molecule has 4 atom stereocenters. The van der Waals surface area contributed by atoms with Gasteiger partial charge in [0.05, 0.1) is 5.56 Å². The zero-order valence-electron chi connectivity index (χ0n) is 31.6. The van der Waals surface area contributed by atoms with Gasteiger partial charge in [0.1, 0.15) is 25.6 Å². The van der Waals surface area contributed by atoms with Gasteiger partial charge in [0.15, 0.2) is 0 Å². The molecule has 2 aliphatic heterocycles. The van der Waals surface area contributed by atoms with Crippen molar-refractivity contribution in [2.45, 2.75) is 68.3 Å². The normalized spacial score (nSPS) is 23.7. The van der Waals surface area contributed by atoms with Crippen LogP contribution >= 0.6 is 23.5 Å². The van der Waals surface area contributed by atoms with Gasteiger partial charge in [0.25, 0.3) is 0 Å². The Hall–Kier alpha value is -4.50. The lowest BCUT2D eigenvalue weighted by Gasteiger charge is -2.45. The molecule has 0 saturated carbocycles. The highest BCUT2D eigenvalue weighted by Crippen LogP contribution is 2.59. The Morgan fingerprint density at radius 2 is 1.19 bits per heavy atom. The van der Waals surface area contributed by atoms with Crippen LogP contribution in [0.5, 0.6) is 0 Å². The summed E-state index contributed by atoms with van der Waals surface area (Å²) in [6.45, 7) is 3.96. The van der Waals surface area contributed by atoms with Crippen LogP contribution in [0.25, 0.3) is 0 Å². The van der Waals surface area contributed by atoms with Gasteiger partial charge in [-0.25, -0.2) is 14.4 Å². The maximum atomic E-state index is 14.6. The molecule has 4 aromatic carbocycles. The van der Waals surface area contributed by atoms with E-state index in [1.165, 1.54) is 23.1 Å². The summed E-state index contributed by atoms with van der Waals surface area (Å²) in [6, 6.07) is 28.5. The van der Waals surface area contributed by atoms with Gasteiger partial charge < -0.3 is 11.5 Å². The number of amides is 2. The zero-order chi connectivity index (χ0) is 40.5. The molecule has 0 saturated heterocycles. The van der Waals surface area contributed by atoms with Crippen molar-refractivity contribution in [3.63, 3.8) is 0 Å². The van der Waals surface area contributed by atoms with E-state index in [9.17, 15) is 27.2 Å². The smallest absolute Gasteiger partial charge is 0.330 e. The third-order valence-corrected chi connectivity index (χ3v) is 14.2. The number of carbonyl (C=O) groups excluding carboxylic acids is 2. The van der Waals surface area contributed by atoms with Crippen molar-refractivity contribution < 1.29 is 27.2 Å². The maximum Gasteiger partial charge on any atom is 0.416 e. The summed E-state index contributed by atoms with van der Waals surface area (Å²) in [6.07, 6.45) is 0.421. The van der Waals surface area contributed by atoms with E-state index in [-0.39, 0.29) is 34.3 Å². The minimum Gasteiger partial charge on any atom is -0.330 e. The number of halogens is 4. The molecule has 8 rings (SSSR count). The summed E-state index contributed by atoms with van der Waals surface area (Å²) in [5.74, 6) is -1.02. The van der Waals surface area contributed by atoms with Gasteiger partial charge in [0.2, 0.25) is 11.8 Å². The third kappa shape index (κ3) is 7.41. The van der Waals surface area contributed by atoms with Gasteiger partial charge >= 0.3 is 6.18 Å². The number of rotatable bonds is 6. The van der Waals surface area contributed by atoms with E-state index in [0.717, 1.165) is 77.7 Å². The van der Waals surface area contributed by atoms with E-state index in [2.05, 4.69) is 41.5 Å². The molecule has 2 heterocycles. The Labute approximate surface area is 338 Å². The minimum absolute atomic E-state index is 0.0258. The summed E-state index contributed by atoms with van der Waals surface area (Å²) < 4.78 is 54.4. The molecule has 4 aliphatic rings. The second-order valence-electron chi connectivity index (χ2n) is 14.6.